The van der Waals surface area contributed by atoms with E-state index < -0.39 is 10.0 Å². The van der Waals surface area contributed by atoms with E-state index in [1.165, 1.54) is 30.7 Å². The Kier molecular flexibility index (Phi) is 6.00. The lowest BCUT2D eigenvalue weighted by atomic mass is 10.2. The lowest BCUT2D eigenvalue weighted by Crippen LogP contribution is -2.34. The van der Waals surface area contributed by atoms with E-state index in [9.17, 15) is 13.5 Å². The van der Waals surface area contributed by atoms with Crippen LogP contribution in [0.3, 0.4) is 0 Å². The van der Waals surface area contributed by atoms with Crippen molar-refractivity contribution < 1.29 is 23.0 Å². The zero-order chi connectivity index (χ0) is 16.2. The Morgan fingerprint density at radius 3 is 2.33 bits per heavy atom. The van der Waals surface area contributed by atoms with Crippen LogP contribution in [-0.4, -0.2) is 45.1 Å². The third-order valence-corrected chi connectivity index (χ3v) is 5.54. The van der Waals surface area contributed by atoms with Crippen molar-refractivity contribution in [2.75, 3.05) is 21.3 Å². The molecule has 0 saturated carbocycles. The van der Waals surface area contributed by atoms with Crippen LogP contribution in [-0.2, 0) is 16.6 Å². The molecule has 120 valence electrons. The summed E-state index contributed by atoms with van der Waals surface area (Å²) < 4.78 is 36.9. The third kappa shape index (κ3) is 3.48. The molecule has 6 nitrogen and oxygen atoms in total. The van der Waals surface area contributed by atoms with Crippen LogP contribution >= 0.6 is 0 Å². The smallest absolute Gasteiger partial charge is 0.243 e. The van der Waals surface area contributed by atoms with Crippen LogP contribution in [0.1, 0.15) is 25.8 Å². The molecule has 0 spiro atoms. The van der Waals surface area contributed by atoms with Crippen molar-refractivity contribution >= 4 is 10.0 Å². The molecular weight excluding hydrogens is 294 g/mol. The van der Waals surface area contributed by atoms with Crippen LogP contribution in [0.25, 0.3) is 0 Å². The van der Waals surface area contributed by atoms with Gasteiger partial charge in [0, 0.05) is 24.7 Å². The second kappa shape index (κ2) is 7.11. The summed E-state index contributed by atoms with van der Waals surface area (Å²) in [6.45, 7) is 3.42. The molecule has 0 radical (unpaired) electrons. The fourth-order valence-electron chi connectivity index (χ4n) is 1.94. The van der Waals surface area contributed by atoms with Crippen molar-refractivity contribution in [3.63, 3.8) is 0 Å². The van der Waals surface area contributed by atoms with Crippen LogP contribution in [0, 0.1) is 0 Å². The summed E-state index contributed by atoms with van der Waals surface area (Å²) in [6, 6.07) is 2.70. The highest BCUT2D eigenvalue weighted by Gasteiger charge is 2.27. The van der Waals surface area contributed by atoms with Gasteiger partial charge in [-0.25, -0.2) is 8.42 Å². The SMILES string of the molecule is CCC(C)N(C)S(=O)(=O)c1cc(CO)c(OC)c(OC)c1. The van der Waals surface area contributed by atoms with E-state index in [1.54, 1.807) is 7.05 Å². The average Bonchev–Trinajstić information content (AvgIpc) is 2.51. The Hall–Kier alpha value is -1.31. The predicted octanol–water partition coefficient (Wildman–Crippen LogP) is 1.62. The van der Waals surface area contributed by atoms with Gasteiger partial charge in [-0.3, -0.25) is 0 Å². The Morgan fingerprint density at radius 2 is 1.90 bits per heavy atom. The Labute approximate surface area is 126 Å². The Bertz CT molecular complexity index is 560. The molecule has 0 aliphatic carbocycles. The van der Waals surface area contributed by atoms with E-state index in [1.807, 2.05) is 13.8 Å². The van der Waals surface area contributed by atoms with Crippen LogP contribution in [0.4, 0.5) is 0 Å². The number of sulfonamides is 1. The molecule has 0 aliphatic heterocycles. The zero-order valence-corrected chi connectivity index (χ0v) is 13.9. The normalized spacial score (nSPS) is 13.3. The van der Waals surface area contributed by atoms with Crippen LogP contribution < -0.4 is 9.47 Å². The molecular formula is C14H23NO5S. The molecule has 21 heavy (non-hydrogen) atoms. The fourth-order valence-corrected chi connectivity index (χ4v) is 3.44. The number of hydrogen-bond donors (Lipinski definition) is 1. The number of methoxy groups -OCH3 is 2. The summed E-state index contributed by atoms with van der Waals surface area (Å²) >= 11 is 0. The van der Waals surface area contributed by atoms with Gasteiger partial charge in [0.25, 0.3) is 0 Å². The van der Waals surface area contributed by atoms with Crippen LogP contribution in [0.5, 0.6) is 11.5 Å². The quantitative estimate of drug-likeness (QED) is 0.827. The fraction of sp³-hybridized carbons (Fsp3) is 0.571. The lowest BCUT2D eigenvalue weighted by molar-refractivity contribution is 0.269. The van der Waals surface area contributed by atoms with Gasteiger partial charge >= 0.3 is 0 Å². The summed E-state index contributed by atoms with van der Waals surface area (Å²) in [5.74, 6) is 0.616. The highest BCUT2D eigenvalue weighted by atomic mass is 32.2. The maximum atomic E-state index is 12.6. The van der Waals surface area contributed by atoms with Gasteiger partial charge in [-0.15, -0.1) is 0 Å². The monoisotopic (exact) mass is 317 g/mol. The number of benzene rings is 1. The van der Waals surface area contributed by atoms with Crippen LogP contribution in [0.15, 0.2) is 17.0 Å². The van der Waals surface area contributed by atoms with Crippen molar-refractivity contribution in [1.29, 1.82) is 0 Å². The first kappa shape index (κ1) is 17.7. The third-order valence-electron chi connectivity index (χ3n) is 3.59. The summed E-state index contributed by atoms with van der Waals surface area (Å²) in [5.41, 5.74) is 0.368. The molecule has 0 aromatic heterocycles. The van der Waals surface area contributed by atoms with Gasteiger partial charge < -0.3 is 14.6 Å². The minimum Gasteiger partial charge on any atom is -0.493 e. The van der Waals surface area contributed by atoms with Gasteiger partial charge in [-0.05, 0) is 19.4 Å². The molecule has 1 aromatic rings. The lowest BCUT2D eigenvalue weighted by Gasteiger charge is -2.24. The maximum Gasteiger partial charge on any atom is 0.243 e. The average molecular weight is 317 g/mol. The standard InChI is InChI=1S/C14H23NO5S/c1-6-10(2)15(3)21(17,18)12-7-11(9-16)14(20-5)13(8-12)19-4/h7-8,10,16H,6,9H2,1-5H3. The predicted molar refractivity (Wildman–Crippen MR) is 80.2 cm³/mol. The molecule has 0 fully saturated rings. The molecule has 7 heteroatoms. The maximum absolute atomic E-state index is 12.6. The summed E-state index contributed by atoms with van der Waals surface area (Å²) in [4.78, 5) is 0.0759. The Morgan fingerprint density at radius 1 is 1.29 bits per heavy atom. The molecule has 0 heterocycles. The van der Waals surface area contributed by atoms with E-state index in [0.717, 1.165) is 0 Å². The first-order chi connectivity index (χ1) is 9.83. The first-order valence-electron chi connectivity index (χ1n) is 6.67. The first-order valence-corrected chi connectivity index (χ1v) is 8.11. The van der Waals surface area contributed by atoms with Crippen molar-refractivity contribution in [2.45, 2.75) is 37.8 Å². The highest BCUT2D eigenvalue weighted by Crippen LogP contribution is 2.35. The van der Waals surface area contributed by atoms with E-state index in [2.05, 4.69) is 0 Å². The number of aliphatic hydroxyl groups excluding tert-OH is 1. The second-order valence-electron chi connectivity index (χ2n) is 4.75. The van der Waals surface area contributed by atoms with E-state index in [4.69, 9.17) is 9.47 Å². The zero-order valence-electron chi connectivity index (χ0n) is 13.1. The van der Waals surface area contributed by atoms with Gasteiger partial charge in [0.05, 0.1) is 25.7 Å². The van der Waals surface area contributed by atoms with Gasteiger partial charge in [0.1, 0.15) is 0 Å². The largest absolute Gasteiger partial charge is 0.493 e. The van der Waals surface area contributed by atoms with Crippen LogP contribution in [0.2, 0.25) is 0 Å². The Balaban J connectivity index is 3.43. The summed E-state index contributed by atoms with van der Waals surface area (Å²) in [7, 11) is 0.752. The number of aliphatic hydroxyl groups is 1. The molecule has 0 amide bonds. The summed E-state index contributed by atoms with van der Waals surface area (Å²) in [6.07, 6.45) is 0.704. The summed E-state index contributed by atoms with van der Waals surface area (Å²) in [5, 5.41) is 9.41. The number of ether oxygens (including phenoxy) is 2. The van der Waals surface area contributed by atoms with Crippen molar-refractivity contribution in [2.24, 2.45) is 0 Å². The van der Waals surface area contributed by atoms with Gasteiger partial charge in [-0.2, -0.15) is 4.31 Å². The molecule has 0 aliphatic rings. The van der Waals surface area contributed by atoms with Gasteiger partial charge in [0.2, 0.25) is 10.0 Å². The second-order valence-corrected chi connectivity index (χ2v) is 6.75. The number of hydrogen-bond acceptors (Lipinski definition) is 5. The molecule has 1 atom stereocenters. The molecule has 0 saturated heterocycles. The van der Waals surface area contributed by atoms with E-state index in [-0.39, 0.29) is 23.3 Å². The van der Waals surface area contributed by atoms with Crippen molar-refractivity contribution in [3.8, 4) is 11.5 Å². The topological polar surface area (TPSA) is 76.1 Å². The molecule has 1 unspecified atom stereocenters. The van der Waals surface area contributed by atoms with Gasteiger partial charge in [0.15, 0.2) is 11.5 Å². The number of rotatable bonds is 7. The molecule has 1 aromatic carbocycles. The van der Waals surface area contributed by atoms with Crippen molar-refractivity contribution in [1.82, 2.24) is 4.31 Å². The minimum absolute atomic E-state index is 0.0759. The van der Waals surface area contributed by atoms with Gasteiger partial charge in [-0.1, -0.05) is 6.92 Å². The molecule has 0 bridgehead atoms. The molecule has 1 rings (SSSR count). The highest BCUT2D eigenvalue weighted by molar-refractivity contribution is 7.89. The van der Waals surface area contributed by atoms with E-state index in [0.29, 0.717) is 17.7 Å². The molecule has 1 N–H and O–H groups in total. The van der Waals surface area contributed by atoms with E-state index >= 15 is 0 Å². The number of nitrogens with zero attached hydrogens (tertiary/aromatic N) is 1. The van der Waals surface area contributed by atoms with Crippen molar-refractivity contribution in [3.05, 3.63) is 17.7 Å². The minimum atomic E-state index is -3.65.